The summed E-state index contributed by atoms with van der Waals surface area (Å²) in [6, 6.07) is 3.79. The van der Waals surface area contributed by atoms with Crippen molar-refractivity contribution in [2.75, 3.05) is 5.88 Å². The highest BCUT2D eigenvalue weighted by molar-refractivity contribution is 7.89. The number of rotatable bonds is 4. The maximum absolute atomic E-state index is 12.9. The Morgan fingerprint density at radius 3 is 2.41 bits per heavy atom. The first-order valence-electron chi connectivity index (χ1n) is 6.96. The number of amides is 1. The Morgan fingerprint density at radius 2 is 1.82 bits per heavy atom. The van der Waals surface area contributed by atoms with Gasteiger partial charge in [0.2, 0.25) is 0 Å². The smallest absolute Gasteiger partial charge is 0.268 e. The van der Waals surface area contributed by atoms with E-state index in [4.69, 9.17) is 34.8 Å². The fourth-order valence-electron chi connectivity index (χ4n) is 2.69. The van der Waals surface area contributed by atoms with Gasteiger partial charge < -0.3 is 0 Å². The lowest BCUT2D eigenvalue weighted by Crippen LogP contribution is -2.46. The van der Waals surface area contributed by atoms with E-state index in [0.717, 1.165) is 23.6 Å². The van der Waals surface area contributed by atoms with Gasteiger partial charge >= 0.3 is 0 Å². The van der Waals surface area contributed by atoms with E-state index in [1.807, 2.05) is 0 Å². The lowest BCUT2D eigenvalue weighted by atomic mass is 9.95. The third-order valence-electron chi connectivity index (χ3n) is 3.70. The highest BCUT2D eigenvalue weighted by Gasteiger charge is 2.37. The molecule has 0 bridgehead atoms. The molecule has 1 aliphatic rings. The molecular formula is C14H16Cl3NO3S. The molecule has 22 heavy (non-hydrogen) atoms. The fourth-order valence-corrected chi connectivity index (χ4v) is 5.27. The fraction of sp³-hybridized carbons (Fsp3) is 0.500. The molecule has 1 fully saturated rings. The van der Waals surface area contributed by atoms with E-state index in [1.54, 1.807) is 0 Å². The van der Waals surface area contributed by atoms with Gasteiger partial charge in [0.15, 0.2) is 0 Å². The largest absolute Gasteiger partial charge is 0.272 e. The third-order valence-corrected chi connectivity index (χ3v) is 6.52. The molecule has 1 aliphatic carbocycles. The van der Waals surface area contributed by atoms with Crippen LogP contribution in [0.4, 0.5) is 0 Å². The number of hydrogen-bond donors (Lipinski definition) is 0. The lowest BCUT2D eigenvalue weighted by molar-refractivity contribution is -0.125. The van der Waals surface area contributed by atoms with E-state index in [2.05, 4.69) is 0 Å². The summed E-state index contributed by atoms with van der Waals surface area (Å²) in [5.74, 6) is -1.03. The molecule has 1 aromatic carbocycles. The molecule has 0 unspecified atom stereocenters. The van der Waals surface area contributed by atoms with Crippen LogP contribution in [0.3, 0.4) is 0 Å². The molecule has 122 valence electrons. The predicted octanol–water partition coefficient (Wildman–Crippen LogP) is 4.08. The number of carbonyl (C=O) groups excluding carboxylic acids is 1. The van der Waals surface area contributed by atoms with Crippen LogP contribution >= 0.6 is 34.8 Å². The first-order valence-corrected chi connectivity index (χ1v) is 9.69. The summed E-state index contributed by atoms with van der Waals surface area (Å²) < 4.78 is 26.7. The van der Waals surface area contributed by atoms with Crippen LogP contribution in [0.1, 0.15) is 32.1 Å². The summed E-state index contributed by atoms with van der Waals surface area (Å²) in [6.07, 6.45) is 4.09. The van der Waals surface area contributed by atoms with Gasteiger partial charge in [-0.3, -0.25) is 4.79 Å². The van der Waals surface area contributed by atoms with E-state index >= 15 is 0 Å². The van der Waals surface area contributed by atoms with Crippen molar-refractivity contribution in [3.8, 4) is 0 Å². The second-order valence-electron chi connectivity index (χ2n) is 5.19. The van der Waals surface area contributed by atoms with Crippen LogP contribution in [0, 0.1) is 0 Å². The number of benzene rings is 1. The molecule has 8 heteroatoms. The van der Waals surface area contributed by atoms with Crippen LogP contribution in [-0.2, 0) is 14.8 Å². The maximum atomic E-state index is 12.9. The highest BCUT2D eigenvalue weighted by Crippen LogP contribution is 2.32. The number of hydrogen-bond acceptors (Lipinski definition) is 3. The van der Waals surface area contributed by atoms with Crippen LogP contribution in [-0.4, -0.2) is 30.6 Å². The molecule has 1 saturated carbocycles. The highest BCUT2D eigenvalue weighted by atomic mass is 35.5. The molecule has 0 aliphatic heterocycles. The Kier molecular flexibility index (Phi) is 6.00. The van der Waals surface area contributed by atoms with Gasteiger partial charge in [-0.2, -0.15) is 0 Å². The number of nitrogens with zero attached hydrogens (tertiary/aromatic N) is 1. The topological polar surface area (TPSA) is 54.5 Å². The van der Waals surface area contributed by atoms with E-state index in [9.17, 15) is 13.2 Å². The second-order valence-corrected chi connectivity index (χ2v) is 8.09. The van der Waals surface area contributed by atoms with Gasteiger partial charge in [-0.15, -0.1) is 11.6 Å². The number of carbonyl (C=O) groups is 1. The molecule has 1 aromatic rings. The van der Waals surface area contributed by atoms with Crippen LogP contribution in [0.2, 0.25) is 10.0 Å². The second kappa shape index (κ2) is 7.39. The van der Waals surface area contributed by atoms with Crippen molar-refractivity contribution in [3.63, 3.8) is 0 Å². The van der Waals surface area contributed by atoms with Gasteiger partial charge in [0.05, 0.1) is 5.02 Å². The molecule has 2 rings (SSSR count). The molecule has 0 spiro atoms. The molecule has 0 atom stereocenters. The summed E-state index contributed by atoms with van der Waals surface area (Å²) in [6.45, 7) is 0. The van der Waals surface area contributed by atoms with E-state index in [-0.39, 0.29) is 21.0 Å². The van der Waals surface area contributed by atoms with Crippen molar-refractivity contribution in [3.05, 3.63) is 28.2 Å². The lowest BCUT2D eigenvalue weighted by Gasteiger charge is -2.33. The average Bonchev–Trinajstić information content (AvgIpc) is 2.50. The summed E-state index contributed by atoms with van der Waals surface area (Å²) in [5.41, 5.74) is 0. The summed E-state index contributed by atoms with van der Waals surface area (Å²) >= 11 is 17.5. The molecule has 1 amide bonds. The van der Waals surface area contributed by atoms with Gasteiger partial charge in [0.1, 0.15) is 10.8 Å². The SMILES string of the molecule is O=C(CCl)N(C1CCCCC1)S(=O)(=O)c1cc(Cl)ccc1Cl. The first-order chi connectivity index (χ1) is 10.4. The molecule has 0 N–H and O–H groups in total. The Morgan fingerprint density at radius 1 is 1.18 bits per heavy atom. The van der Waals surface area contributed by atoms with Crippen molar-refractivity contribution in [1.82, 2.24) is 4.31 Å². The Labute approximate surface area is 145 Å². The Bertz CT molecular complexity index is 657. The van der Waals surface area contributed by atoms with Crippen molar-refractivity contribution in [2.24, 2.45) is 0 Å². The zero-order valence-electron chi connectivity index (χ0n) is 11.8. The van der Waals surface area contributed by atoms with E-state index in [1.165, 1.54) is 18.2 Å². The maximum Gasteiger partial charge on any atom is 0.268 e. The normalized spacial score (nSPS) is 16.5. The van der Waals surface area contributed by atoms with Crippen molar-refractivity contribution in [2.45, 2.75) is 43.0 Å². The number of alkyl halides is 1. The van der Waals surface area contributed by atoms with Crippen LogP contribution < -0.4 is 0 Å². The van der Waals surface area contributed by atoms with Crippen LogP contribution in [0.25, 0.3) is 0 Å². The minimum Gasteiger partial charge on any atom is -0.272 e. The van der Waals surface area contributed by atoms with Gasteiger partial charge in [0.25, 0.3) is 15.9 Å². The Balaban J connectivity index is 2.48. The molecule has 0 heterocycles. The molecule has 4 nitrogen and oxygen atoms in total. The zero-order valence-corrected chi connectivity index (χ0v) is 14.9. The monoisotopic (exact) mass is 383 g/mol. The average molecular weight is 385 g/mol. The predicted molar refractivity (Wildman–Crippen MR) is 88.1 cm³/mol. The summed E-state index contributed by atoms with van der Waals surface area (Å²) in [7, 11) is -4.08. The molecule has 0 radical (unpaired) electrons. The number of halogens is 3. The van der Waals surface area contributed by atoms with Crippen LogP contribution in [0.15, 0.2) is 23.1 Å². The first kappa shape index (κ1) is 17.9. The molecular weight excluding hydrogens is 369 g/mol. The van der Waals surface area contributed by atoms with E-state index < -0.39 is 21.8 Å². The minimum absolute atomic E-state index is 0.0348. The quantitative estimate of drug-likeness (QED) is 0.735. The van der Waals surface area contributed by atoms with Crippen molar-refractivity contribution in [1.29, 1.82) is 0 Å². The number of sulfonamides is 1. The summed E-state index contributed by atoms with van der Waals surface area (Å²) in [5, 5.41) is 0.275. The van der Waals surface area contributed by atoms with Crippen LogP contribution in [0.5, 0.6) is 0 Å². The van der Waals surface area contributed by atoms with Crippen molar-refractivity contribution < 1.29 is 13.2 Å². The van der Waals surface area contributed by atoms with Gasteiger partial charge in [-0.1, -0.05) is 42.5 Å². The molecule has 0 saturated heterocycles. The minimum atomic E-state index is -4.08. The molecule has 0 aromatic heterocycles. The van der Waals surface area contributed by atoms with Gasteiger partial charge in [-0.25, -0.2) is 12.7 Å². The zero-order chi connectivity index (χ0) is 16.3. The third kappa shape index (κ3) is 3.70. The Hall–Kier alpha value is -0.490. The summed E-state index contributed by atoms with van der Waals surface area (Å²) in [4.78, 5) is 12.0. The standard InChI is InChI=1S/C14H16Cl3NO3S/c15-9-14(19)18(11-4-2-1-3-5-11)22(20,21)13-8-10(16)6-7-12(13)17/h6-8,11H,1-5,9H2. The van der Waals surface area contributed by atoms with E-state index in [0.29, 0.717) is 12.8 Å². The van der Waals surface area contributed by atoms with Crippen molar-refractivity contribution >= 4 is 50.7 Å². The van der Waals surface area contributed by atoms with Gasteiger partial charge in [-0.05, 0) is 31.0 Å². The van der Waals surface area contributed by atoms with Gasteiger partial charge in [0, 0.05) is 11.1 Å².